The van der Waals surface area contributed by atoms with Crippen LogP contribution in [-0.2, 0) is 10.3 Å². The van der Waals surface area contributed by atoms with Crippen molar-refractivity contribution in [2.24, 2.45) is 0 Å². The van der Waals surface area contributed by atoms with Crippen LogP contribution >= 0.6 is 0 Å². The van der Waals surface area contributed by atoms with Gasteiger partial charge in [0.15, 0.2) is 11.5 Å². The average Bonchev–Trinajstić information content (AvgIpc) is 2.78. The summed E-state index contributed by atoms with van der Waals surface area (Å²) < 4.78 is 27.2. The van der Waals surface area contributed by atoms with E-state index >= 15 is 0 Å². The molecule has 0 radical (unpaired) electrons. The van der Waals surface area contributed by atoms with Gasteiger partial charge in [0.2, 0.25) is 5.75 Å². The minimum atomic E-state index is -1.00. The Bertz CT molecular complexity index is 1180. The van der Waals surface area contributed by atoms with E-state index in [4.69, 9.17) is 18.9 Å². The van der Waals surface area contributed by atoms with E-state index in [1.165, 1.54) is 0 Å². The van der Waals surface area contributed by atoms with Crippen LogP contribution in [0.2, 0.25) is 0 Å². The summed E-state index contributed by atoms with van der Waals surface area (Å²) in [5.41, 5.74) is -0.122. The molecule has 0 spiro atoms. The summed E-state index contributed by atoms with van der Waals surface area (Å²) in [5, 5.41) is 0. The molecule has 3 aromatic rings. The molecule has 0 saturated heterocycles. The van der Waals surface area contributed by atoms with Crippen molar-refractivity contribution in [2.45, 2.75) is 111 Å². The van der Waals surface area contributed by atoms with Crippen LogP contribution in [-0.4, -0.2) is 22.4 Å². The summed E-state index contributed by atoms with van der Waals surface area (Å²) in [6, 6.07) is 24.8. The first-order chi connectivity index (χ1) is 17.8. The molecule has 0 aliphatic rings. The van der Waals surface area contributed by atoms with E-state index in [-0.39, 0.29) is 0 Å². The van der Waals surface area contributed by atoms with Gasteiger partial charge >= 0.3 is 0 Å². The Kier molecular flexibility index (Phi) is 8.53. The summed E-state index contributed by atoms with van der Waals surface area (Å²) in [5.74, 6) is 1.81. The van der Waals surface area contributed by atoms with Crippen LogP contribution in [0.15, 0.2) is 72.8 Å². The molecule has 39 heavy (non-hydrogen) atoms. The van der Waals surface area contributed by atoms with Crippen LogP contribution in [0.25, 0.3) is 0 Å². The van der Waals surface area contributed by atoms with Crippen molar-refractivity contribution in [2.75, 3.05) is 0 Å². The van der Waals surface area contributed by atoms with Crippen molar-refractivity contribution in [1.82, 2.24) is 0 Å². The van der Waals surface area contributed by atoms with Gasteiger partial charge in [0.1, 0.15) is 22.4 Å². The van der Waals surface area contributed by atoms with Gasteiger partial charge in [-0.05, 0) is 106 Å². The smallest absolute Gasteiger partial charge is 0.204 e. The predicted octanol–water partition coefficient (Wildman–Crippen LogP) is 9.33. The van der Waals surface area contributed by atoms with Gasteiger partial charge in [0.25, 0.3) is 0 Å². The van der Waals surface area contributed by atoms with E-state index in [0.717, 1.165) is 16.7 Å². The summed E-state index contributed by atoms with van der Waals surface area (Å²) in [7, 11) is 0. The molecule has 0 aliphatic heterocycles. The molecule has 0 aromatic heterocycles. The second-order valence-electron chi connectivity index (χ2n) is 14.0. The first-order valence-corrected chi connectivity index (χ1v) is 13.9. The van der Waals surface area contributed by atoms with Gasteiger partial charge in [0.05, 0.1) is 5.60 Å². The number of rotatable bonds is 7. The second-order valence-corrected chi connectivity index (χ2v) is 14.0. The van der Waals surface area contributed by atoms with Crippen LogP contribution in [0.5, 0.6) is 17.2 Å². The Morgan fingerprint density at radius 3 is 1.21 bits per heavy atom. The largest absolute Gasteiger partial charge is 0.484 e. The third-order valence-electron chi connectivity index (χ3n) is 5.51. The maximum atomic E-state index is 7.19. The highest BCUT2D eigenvalue weighted by molar-refractivity contribution is 5.63. The van der Waals surface area contributed by atoms with E-state index in [0.29, 0.717) is 17.2 Å². The van der Waals surface area contributed by atoms with Crippen molar-refractivity contribution in [3.05, 3.63) is 89.5 Å². The fraction of sp³-hybridized carbons (Fsp3) is 0.486. The van der Waals surface area contributed by atoms with E-state index < -0.39 is 28.0 Å². The molecule has 3 rings (SSSR count). The highest BCUT2D eigenvalue weighted by Crippen LogP contribution is 2.53. The van der Waals surface area contributed by atoms with Crippen LogP contribution in [0.4, 0.5) is 0 Å². The maximum Gasteiger partial charge on any atom is 0.204 e. The standard InChI is InChI=1S/C35H48O4/c1-31(2,3)36-28-24-23-27(29(37-32(4,5)6)30(28)38-33(7,8)9)35(39-34(10,11)12,25-19-15-13-16-20-25)26-21-17-14-18-22-26/h13-24H,1-12H3. The minimum absolute atomic E-state index is 0.436. The SMILES string of the molecule is CC(C)(C)Oc1ccc(C(OC(C)(C)C)(c2ccccc2)c2ccccc2)c(OC(C)(C)C)c1OC(C)(C)C. The zero-order valence-electron chi connectivity index (χ0n) is 26.1. The van der Waals surface area contributed by atoms with Crippen LogP contribution in [0.1, 0.15) is 99.8 Å². The molecule has 4 heteroatoms. The van der Waals surface area contributed by atoms with Crippen molar-refractivity contribution in [1.29, 1.82) is 0 Å². The van der Waals surface area contributed by atoms with Crippen molar-refractivity contribution >= 4 is 0 Å². The molecule has 3 aromatic carbocycles. The maximum absolute atomic E-state index is 7.19. The molecular weight excluding hydrogens is 484 g/mol. The molecule has 0 atom stereocenters. The van der Waals surface area contributed by atoms with Crippen molar-refractivity contribution in [3.8, 4) is 17.2 Å². The molecule has 0 fully saturated rings. The van der Waals surface area contributed by atoms with E-state index in [9.17, 15) is 0 Å². The first-order valence-electron chi connectivity index (χ1n) is 13.9. The predicted molar refractivity (Wildman–Crippen MR) is 161 cm³/mol. The Morgan fingerprint density at radius 2 is 0.821 bits per heavy atom. The molecule has 0 bridgehead atoms. The van der Waals surface area contributed by atoms with E-state index in [1.54, 1.807) is 0 Å². The summed E-state index contributed by atoms with van der Waals surface area (Å²) in [6.07, 6.45) is 0. The third-order valence-corrected chi connectivity index (χ3v) is 5.51. The van der Waals surface area contributed by atoms with Gasteiger partial charge < -0.3 is 18.9 Å². The monoisotopic (exact) mass is 532 g/mol. The van der Waals surface area contributed by atoms with Gasteiger partial charge in [-0.3, -0.25) is 0 Å². The zero-order chi connectivity index (χ0) is 29.3. The number of hydrogen-bond acceptors (Lipinski definition) is 4. The summed E-state index contributed by atoms with van der Waals surface area (Å²) in [6.45, 7) is 24.6. The summed E-state index contributed by atoms with van der Waals surface area (Å²) >= 11 is 0. The van der Waals surface area contributed by atoms with Gasteiger partial charge in [-0.15, -0.1) is 0 Å². The lowest BCUT2D eigenvalue weighted by atomic mass is 9.78. The zero-order valence-corrected chi connectivity index (χ0v) is 26.1. The minimum Gasteiger partial charge on any atom is -0.484 e. The van der Waals surface area contributed by atoms with Crippen LogP contribution in [0.3, 0.4) is 0 Å². The Morgan fingerprint density at radius 1 is 0.410 bits per heavy atom. The molecule has 0 unspecified atom stereocenters. The quantitative estimate of drug-likeness (QED) is 0.284. The lowest BCUT2D eigenvalue weighted by Crippen LogP contribution is -2.41. The van der Waals surface area contributed by atoms with E-state index in [2.05, 4.69) is 51.1 Å². The molecule has 4 nitrogen and oxygen atoms in total. The molecule has 0 aliphatic carbocycles. The second kappa shape index (κ2) is 10.9. The number of hydrogen-bond donors (Lipinski definition) is 0. The van der Waals surface area contributed by atoms with Gasteiger partial charge in [-0.2, -0.15) is 0 Å². The third kappa shape index (κ3) is 8.02. The fourth-order valence-electron chi connectivity index (χ4n) is 4.50. The molecule has 0 heterocycles. The fourth-order valence-corrected chi connectivity index (χ4v) is 4.50. The molecule has 0 amide bonds. The Hall–Kier alpha value is -2.98. The first kappa shape index (κ1) is 30.6. The number of benzene rings is 3. The van der Waals surface area contributed by atoms with Crippen LogP contribution in [0, 0.1) is 0 Å². The normalized spacial score (nSPS) is 13.2. The Labute approximate surface area is 236 Å². The highest BCUT2D eigenvalue weighted by atomic mass is 16.6. The molecule has 0 saturated carbocycles. The van der Waals surface area contributed by atoms with Crippen molar-refractivity contribution < 1.29 is 18.9 Å². The Balaban J connectivity index is 2.56. The number of ether oxygens (including phenoxy) is 4. The summed E-state index contributed by atoms with van der Waals surface area (Å²) in [4.78, 5) is 0. The van der Waals surface area contributed by atoms with Gasteiger partial charge in [-0.1, -0.05) is 60.7 Å². The lowest BCUT2D eigenvalue weighted by molar-refractivity contribution is -0.0934. The van der Waals surface area contributed by atoms with Gasteiger partial charge in [-0.25, -0.2) is 0 Å². The topological polar surface area (TPSA) is 36.9 Å². The highest BCUT2D eigenvalue weighted by Gasteiger charge is 2.45. The molecule has 0 N–H and O–H groups in total. The lowest BCUT2D eigenvalue weighted by Gasteiger charge is -2.43. The van der Waals surface area contributed by atoms with Gasteiger partial charge in [0, 0.05) is 5.56 Å². The average molecular weight is 533 g/mol. The van der Waals surface area contributed by atoms with Crippen LogP contribution < -0.4 is 14.2 Å². The van der Waals surface area contributed by atoms with Crippen molar-refractivity contribution in [3.63, 3.8) is 0 Å². The molecular formula is C35H48O4. The van der Waals surface area contributed by atoms with E-state index in [1.807, 2.05) is 105 Å². The molecule has 212 valence electrons.